The number of nitrogens with zero attached hydrogens (tertiary/aromatic N) is 2. The number of hydrogen-bond acceptors (Lipinski definition) is 5. The number of hydrogen-bond donors (Lipinski definition) is 1. The van der Waals surface area contributed by atoms with Gasteiger partial charge in [-0.3, -0.25) is 14.5 Å². The minimum absolute atomic E-state index is 0.0674. The normalized spacial score (nSPS) is 12.0. The molecule has 1 atom stereocenters. The van der Waals surface area contributed by atoms with Crippen LogP contribution in [-0.4, -0.2) is 34.8 Å². The van der Waals surface area contributed by atoms with Crippen molar-refractivity contribution < 1.29 is 9.59 Å². The van der Waals surface area contributed by atoms with Gasteiger partial charge in [0.2, 0.25) is 11.8 Å². The lowest BCUT2D eigenvalue weighted by atomic mass is 10.2. The highest BCUT2D eigenvalue weighted by atomic mass is 32.2. The number of aryl methyl sites for hydroxylation is 1. The van der Waals surface area contributed by atoms with E-state index in [0.717, 1.165) is 21.5 Å². The van der Waals surface area contributed by atoms with Gasteiger partial charge in [0.25, 0.3) is 0 Å². The first-order valence-electron chi connectivity index (χ1n) is 8.55. The molecule has 0 saturated carbocycles. The SMILES string of the molecule is Cc1ccc(NC(=O)CS[C@@H](C)C(=O)N(C)c2nc3ccccc3s2)cc1. The van der Waals surface area contributed by atoms with Crippen molar-refractivity contribution in [1.29, 1.82) is 0 Å². The summed E-state index contributed by atoms with van der Waals surface area (Å²) >= 11 is 2.80. The zero-order valence-electron chi connectivity index (χ0n) is 15.4. The summed E-state index contributed by atoms with van der Waals surface area (Å²) in [4.78, 5) is 30.9. The fourth-order valence-electron chi connectivity index (χ4n) is 2.48. The number of aromatic nitrogens is 1. The van der Waals surface area contributed by atoms with Gasteiger partial charge in [-0.15, -0.1) is 11.8 Å². The van der Waals surface area contributed by atoms with Gasteiger partial charge in [0.1, 0.15) is 0 Å². The largest absolute Gasteiger partial charge is 0.325 e. The van der Waals surface area contributed by atoms with Crippen LogP contribution in [0.15, 0.2) is 48.5 Å². The van der Waals surface area contributed by atoms with Gasteiger partial charge in [-0.25, -0.2) is 4.98 Å². The molecule has 0 saturated heterocycles. The number of thiazole rings is 1. The Balaban J connectivity index is 1.54. The summed E-state index contributed by atoms with van der Waals surface area (Å²) in [6, 6.07) is 15.4. The number of amides is 2. The minimum Gasteiger partial charge on any atom is -0.325 e. The summed E-state index contributed by atoms with van der Waals surface area (Å²) < 4.78 is 1.05. The maximum Gasteiger partial charge on any atom is 0.241 e. The van der Waals surface area contributed by atoms with Crippen molar-refractivity contribution in [2.75, 3.05) is 23.0 Å². The molecule has 0 aliphatic heterocycles. The van der Waals surface area contributed by atoms with Crippen molar-refractivity contribution in [3.63, 3.8) is 0 Å². The van der Waals surface area contributed by atoms with E-state index in [9.17, 15) is 9.59 Å². The maximum absolute atomic E-state index is 12.7. The lowest BCUT2D eigenvalue weighted by Gasteiger charge is -2.18. The fraction of sp³-hybridized carbons (Fsp3) is 0.250. The molecule has 1 aromatic heterocycles. The lowest BCUT2D eigenvalue weighted by molar-refractivity contribution is -0.117. The second-order valence-corrected chi connectivity index (χ2v) is 8.57. The van der Waals surface area contributed by atoms with Crippen LogP contribution in [0.1, 0.15) is 12.5 Å². The second-order valence-electron chi connectivity index (χ2n) is 6.23. The Kier molecular flexibility index (Phi) is 6.13. The summed E-state index contributed by atoms with van der Waals surface area (Å²) in [6.07, 6.45) is 0. The summed E-state index contributed by atoms with van der Waals surface area (Å²) in [5.41, 5.74) is 2.78. The average molecular weight is 400 g/mol. The van der Waals surface area contributed by atoms with Crippen molar-refractivity contribution in [1.82, 2.24) is 4.98 Å². The van der Waals surface area contributed by atoms with E-state index in [-0.39, 0.29) is 22.8 Å². The quantitative estimate of drug-likeness (QED) is 0.670. The highest BCUT2D eigenvalue weighted by Crippen LogP contribution is 2.29. The van der Waals surface area contributed by atoms with Gasteiger partial charge in [-0.1, -0.05) is 41.2 Å². The standard InChI is InChI=1S/C20H21N3O2S2/c1-13-8-10-15(11-9-13)21-18(24)12-26-14(2)19(25)23(3)20-22-16-6-4-5-7-17(16)27-20/h4-11,14H,12H2,1-3H3,(H,21,24)/t14-/m0/s1. The predicted octanol–water partition coefficient (Wildman–Crippen LogP) is 4.33. The first-order valence-corrected chi connectivity index (χ1v) is 10.4. The number of fused-ring (bicyclic) bond motifs is 1. The van der Waals surface area contributed by atoms with Crippen LogP contribution in [0.2, 0.25) is 0 Å². The number of anilines is 2. The summed E-state index contributed by atoms with van der Waals surface area (Å²) in [6.45, 7) is 3.81. The molecule has 0 fully saturated rings. The Morgan fingerprint density at radius 3 is 2.59 bits per heavy atom. The number of para-hydroxylation sites is 1. The Bertz CT molecular complexity index is 920. The minimum atomic E-state index is -0.342. The third-order valence-electron chi connectivity index (χ3n) is 4.05. The van der Waals surface area contributed by atoms with Gasteiger partial charge in [-0.2, -0.15) is 0 Å². The van der Waals surface area contributed by atoms with Gasteiger partial charge >= 0.3 is 0 Å². The summed E-state index contributed by atoms with van der Waals surface area (Å²) in [7, 11) is 1.73. The highest BCUT2D eigenvalue weighted by molar-refractivity contribution is 8.01. The van der Waals surface area contributed by atoms with E-state index >= 15 is 0 Å². The number of carbonyl (C=O) groups is 2. The van der Waals surface area contributed by atoms with Gasteiger partial charge in [-0.05, 0) is 38.1 Å². The van der Waals surface area contributed by atoms with E-state index in [2.05, 4.69) is 10.3 Å². The van der Waals surface area contributed by atoms with Crippen molar-refractivity contribution in [2.45, 2.75) is 19.1 Å². The average Bonchev–Trinajstić information content (AvgIpc) is 3.11. The molecule has 1 heterocycles. The molecule has 0 bridgehead atoms. The summed E-state index contributed by atoms with van der Waals surface area (Å²) in [5, 5.41) is 3.17. The predicted molar refractivity (Wildman–Crippen MR) is 115 cm³/mol. The second kappa shape index (κ2) is 8.54. The van der Waals surface area contributed by atoms with Crippen LogP contribution in [0.4, 0.5) is 10.8 Å². The van der Waals surface area contributed by atoms with E-state index in [1.165, 1.54) is 23.1 Å². The molecule has 0 aliphatic rings. The van der Waals surface area contributed by atoms with Crippen molar-refractivity contribution in [3.8, 4) is 0 Å². The van der Waals surface area contributed by atoms with Crippen molar-refractivity contribution >= 4 is 55.9 Å². The van der Waals surface area contributed by atoms with Gasteiger partial charge < -0.3 is 5.32 Å². The van der Waals surface area contributed by atoms with E-state index in [0.29, 0.717) is 5.13 Å². The molecular weight excluding hydrogens is 378 g/mol. The van der Waals surface area contributed by atoms with Crippen LogP contribution in [0, 0.1) is 6.92 Å². The molecule has 2 aromatic carbocycles. The van der Waals surface area contributed by atoms with Crippen LogP contribution in [0.25, 0.3) is 10.2 Å². The number of nitrogens with one attached hydrogen (secondary N) is 1. The Hall–Kier alpha value is -2.38. The molecule has 140 valence electrons. The third kappa shape index (κ3) is 4.87. The van der Waals surface area contributed by atoms with Crippen molar-refractivity contribution in [3.05, 3.63) is 54.1 Å². The van der Waals surface area contributed by atoms with Gasteiger partial charge in [0.15, 0.2) is 5.13 Å². The van der Waals surface area contributed by atoms with E-state index in [1.54, 1.807) is 11.9 Å². The molecule has 0 spiro atoms. The molecule has 0 aliphatic carbocycles. The molecule has 27 heavy (non-hydrogen) atoms. The fourth-order valence-corrected chi connectivity index (χ4v) is 4.18. The van der Waals surface area contributed by atoms with Gasteiger partial charge in [0, 0.05) is 12.7 Å². The molecule has 7 heteroatoms. The number of rotatable bonds is 6. The zero-order chi connectivity index (χ0) is 19.4. The number of benzene rings is 2. The highest BCUT2D eigenvalue weighted by Gasteiger charge is 2.22. The van der Waals surface area contributed by atoms with E-state index in [4.69, 9.17) is 0 Å². The third-order valence-corrected chi connectivity index (χ3v) is 6.29. The van der Waals surface area contributed by atoms with Crippen LogP contribution in [0.3, 0.4) is 0 Å². The molecular formula is C20H21N3O2S2. The van der Waals surface area contributed by atoms with Crippen molar-refractivity contribution in [2.24, 2.45) is 0 Å². The lowest BCUT2D eigenvalue weighted by Crippen LogP contribution is -2.33. The van der Waals surface area contributed by atoms with E-state index in [1.807, 2.05) is 62.4 Å². The smallest absolute Gasteiger partial charge is 0.241 e. The van der Waals surface area contributed by atoms with Crippen LogP contribution in [-0.2, 0) is 9.59 Å². The number of thioether (sulfide) groups is 1. The van der Waals surface area contributed by atoms with Crippen LogP contribution < -0.4 is 10.2 Å². The molecule has 0 unspecified atom stereocenters. The summed E-state index contributed by atoms with van der Waals surface area (Å²) in [5.74, 6) is 0.0300. The van der Waals surface area contributed by atoms with Crippen LogP contribution in [0.5, 0.6) is 0 Å². The first kappa shape index (κ1) is 19.4. The monoisotopic (exact) mass is 399 g/mol. The zero-order valence-corrected chi connectivity index (χ0v) is 17.1. The maximum atomic E-state index is 12.7. The van der Waals surface area contributed by atoms with Gasteiger partial charge in [0.05, 0.1) is 21.2 Å². The number of carbonyl (C=O) groups excluding carboxylic acids is 2. The molecule has 1 N–H and O–H groups in total. The Morgan fingerprint density at radius 2 is 1.89 bits per heavy atom. The Morgan fingerprint density at radius 1 is 1.19 bits per heavy atom. The first-order chi connectivity index (χ1) is 12.9. The van der Waals surface area contributed by atoms with E-state index < -0.39 is 0 Å². The van der Waals surface area contributed by atoms with Crippen LogP contribution >= 0.6 is 23.1 Å². The molecule has 0 radical (unpaired) electrons. The molecule has 3 aromatic rings. The topological polar surface area (TPSA) is 62.3 Å². The molecule has 5 nitrogen and oxygen atoms in total. The Labute approximate surface area is 166 Å². The molecule has 2 amide bonds. The molecule has 3 rings (SSSR count).